The van der Waals surface area contributed by atoms with E-state index in [4.69, 9.17) is 11.6 Å². The summed E-state index contributed by atoms with van der Waals surface area (Å²) in [5, 5.41) is 2.81. The van der Waals surface area contributed by atoms with Gasteiger partial charge in [-0.2, -0.15) is 0 Å². The van der Waals surface area contributed by atoms with Gasteiger partial charge >= 0.3 is 0 Å². The molecule has 0 unspecified atom stereocenters. The number of hydrogen-bond acceptors (Lipinski definition) is 4. The lowest BCUT2D eigenvalue weighted by molar-refractivity contribution is 0.102. The molecule has 3 aromatic carbocycles. The Morgan fingerprint density at radius 2 is 1.69 bits per heavy atom. The number of nitrogens with one attached hydrogen (secondary N) is 2. The summed E-state index contributed by atoms with van der Waals surface area (Å²) in [5.74, 6) is -0.424. The van der Waals surface area contributed by atoms with E-state index in [1.165, 1.54) is 18.2 Å². The molecule has 0 saturated heterocycles. The topological polar surface area (TPSA) is 75.3 Å². The number of rotatable bonds is 6. The smallest absolute Gasteiger partial charge is 0.263 e. The first kappa shape index (κ1) is 21.2. The SMILES string of the molecule is CSc1cccc(NC(=O)c2ccc(Cl)c(S(=O)(=O)Nc3cccc(C)c3)c2)c1. The number of aryl methyl sites for hydroxylation is 1. The predicted molar refractivity (Wildman–Crippen MR) is 120 cm³/mol. The highest BCUT2D eigenvalue weighted by atomic mass is 35.5. The van der Waals surface area contributed by atoms with Crippen LogP contribution in [0.25, 0.3) is 0 Å². The van der Waals surface area contributed by atoms with E-state index in [0.717, 1.165) is 10.5 Å². The van der Waals surface area contributed by atoms with Gasteiger partial charge in [0.25, 0.3) is 15.9 Å². The van der Waals surface area contributed by atoms with Crippen LogP contribution in [0.1, 0.15) is 15.9 Å². The van der Waals surface area contributed by atoms with Crippen molar-refractivity contribution in [3.8, 4) is 0 Å². The molecule has 2 N–H and O–H groups in total. The summed E-state index contributed by atoms with van der Waals surface area (Å²) in [6.07, 6.45) is 1.94. The molecule has 0 aliphatic heterocycles. The Hall–Kier alpha value is -2.48. The first-order chi connectivity index (χ1) is 13.8. The summed E-state index contributed by atoms with van der Waals surface area (Å²) < 4.78 is 28.1. The zero-order chi connectivity index (χ0) is 21.0. The Balaban J connectivity index is 1.87. The fourth-order valence-corrected chi connectivity index (χ4v) is 4.71. The molecule has 0 radical (unpaired) electrons. The Morgan fingerprint density at radius 1 is 0.966 bits per heavy atom. The largest absolute Gasteiger partial charge is 0.322 e. The fraction of sp³-hybridized carbons (Fsp3) is 0.0952. The second-order valence-electron chi connectivity index (χ2n) is 6.31. The predicted octanol–water partition coefficient (Wildman–Crippen LogP) is 5.42. The van der Waals surface area contributed by atoms with Gasteiger partial charge in [-0.3, -0.25) is 9.52 Å². The number of thioether (sulfide) groups is 1. The molecule has 0 atom stereocenters. The molecule has 3 aromatic rings. The highest BCUT2D eigenvalue weighted by Crippen LogP contribution is 2.26. The van der Waals surface area contributed by atoms with Gasteiger partial charge in [-0.1, -0.05) is 29.8 Å². The second kappa shape index (κ2) is 8.90. The molecule has 8 heteroatoms. The lowest BCUT2D eigenvalue weighted by Gasteiger charge is -2.12. The number of carbonyl (C=O) groups is 1. The first-order valence-electron chi connectivity index (χ1n) is 8.63. The van der Waals surface area contributed by atoms with Crippen LogP contribution in [0.2, 0.25) is 5.02 Å². The molecule has 5 nitrogen and oxygen atoms in total. The highest BCUT2D eigenvalue weighted by molar-refractivity contribution is 7.98. The van der Waals surface area contributed by atoms with E-state index >= 15 is 0 Å². The van der Waals surface area contributed by atoms with Crippen molar-refractivity contribution in [3.63, 3.8) is 0 Å². The third-order valence-electron chi connectivity index (χ3n) is 4.08. The summed E-state index contributed by atoms with van der Waals surface area (Å²) in [7, 11) is -3.97. The summed E-state index contributed by atoms with van der Waals surface area (Å²) in [4.78, 5) is 13.5. The number of carbonyl (C=O) groups excluding carboxylic acids is 1. The standard InChI is InChI=1S/C21H19ClN2O3S2/c1-14-5-3-7-17(11-14)24-29(26,27)20-12-15(9-10-19(20)22)21(25)23-16-6-4-8-18(13-16)28-2/h3-13,24H,1-2H3,(H,23,25). The van der Waals surface area contributed by atoms with Crippen LogP contribution in [0.4, 0.5) is 11.4 Å². The monoisotopic (exact) mass is 446 g/mol. The molecule has 0 bridgehead atoms. The van der Waals surface area contributed by atoms with Gasteiger partial charge in [0.05, 0.1) is 5.02 Å². The maximum Gasteiger partial charge on any atom is 0.263 e. The van der Waals surface area contributed by atoms with Gasteiger partial charge in [-0.15, -0.1) is 11.8 Å². The zero-order valence-electron chi connectivity index (χ0n) is 15.8. The van der Waals surface area contributed by atoms with Crippen LogP contribution >= 0.6 is 23.4 Å². The maximum absolute atomic E-state index is 12.8. The van der Waals surface area contributed by atoms with Crippen LogP contribution in [0.5, 0.6) is 0 Å². The fourth-order valence-electron chi connectivity index (χ4n) is 2.67. The van der Waals surface area contributed by atoms with Gasteiger partial charge in [0.1, 0.15) is 4.90 Å². The van der Waals surface area contributed by atoms with E-state index in [1.54, 1.807) is 36.0 Å². The molecule has 0 aromatic heterocycles. The third-order valence-corrected chi connectivity index (χ3v) is 6.67. The molecule has 3 rings (SSSR count). The Bertz CT molecular complexity index is 1160. The minimum absolute atomic E-state index is 0.0334. The normalized spacial score (nSPS) is 11.1. The van der Waals surface area contributed by atoms with Gasteiger partial charge in [0.2, 0.25) is 0 Å². The van der Waals surface area contributed by atoms with Crippen LogP contribution in [-0.4, -0.2) is 20.6 Å². The van der Waals surface area contributed by atoms with Gasteiger partial charge in [0.15, 0.2) is 0 Å². The molecule has 0 spiro atoms. The molecular formula is C21H19ClN2O3S2. The summed E-state index contributed by atoms with van der Waals surface area (Å²) in [6.45, 7) is 1.86. The quantitative estimate of drug-likeness (QED) is 0.495. The van der Waals surface area contributed by atoms with Crippen molar-refractivity contribution < 1.29 is 13.2 Å². The van der Waals surface area contributed by atoms with Crippen LogP contribution in [0.3, 0.4) is 0 Å². The molecule has 0 heterocycles. The van der Waals surface area contributed by atoms with Crippen LogP contribution in [-0.2, 0) is 10.0 Å². The van der Waals surface area contributed by atoms with E-state index in [2.05, 4.69) is 10.0 Å². The lowest BCUT2D eigenvalue weighted by atomic mass is 10.2. The third kappa shape index (κ3) is 5.32. The van der Waals surface area contributed by atoms with Crippen LogP contribution in [0.15, 0.2) is 76.5 Å². The summed E-state index contributed by atoms with van der Waals surface area (Å²) >= 11 is 7.69. The number of halogens is 1. The Morgan fingerprint density at radius 3 is 2.41 bits per heavy atom. The molecular weight excluding hydrogens is 428 g/mol. The molecule has 150 valence electrons. The van der Waals surface area contributed by atoms with Gasteiger partial charge in [-0.05, 0) is 67.3 Å². The van der Waals surface area contributed by atoms with E-state index < -0.39 is 15.9 Å². The minimum atomic E-state index is -3.97. The lowest BCUT2D eigenvalue weighted by Crippen LogP contribution is -2.16. The van der Waals surface area contributed by atoms with Gasteiger partial charge in [0, 0.05) is 21.8 Å². The number of sulfonamides is 1. The van der Waals surface area contributed by atoms with Crippen molar-refractivity contribution in [1.82, 2.24) is 0 Å². The second-order valence-corrected chi connectivity index (χ2v) is 9.24. The summed E-state index contributed by atoms with van der Waals surface area (Å²) in [5.41, 5.74) is 2.15. The van der Waals surface area contributed by atoms with E-state index in [9.17, 15) is 13.2 Å². The van der Waals surface area contributed by atoms with Gasteiger partial charge in [-0.25, -0.2) is 8.42 Å². The average Bonchev–Trinajstić information content (AvgIpc) is 2.68. The van der Waals surface area contributed by atoms with Crippen LogP contribution in [0, 0.1) is 6.92 Å². The minimum Gasteiger partial charge on any atom is -0.322 e. The molecule has 0 fully saturated rings. The summed E-state index contributed by atoms with van der Waals surface area (Å²) in [6, 6.07) is 18.5. The Labute approximate surface area is 179 Å². The van der Waals surface area contributed by atoms with Crippen molar-refractivity contribution in [2.45, 2.75) is 16.7 Å². The molecule has 29 heavy (non-hydrogen) atoms. The molecule has 0 aliphatic carbocycles. The number of benzene rings is 3. The first-order valence-corrected chi connectivity index (χ1v) is 11.7. The molecule has 0 aliphatic rings. The average molecular weight is 447 g/mol. The Kier molecular flexibility index (Phi) is 6.52. The van der Waals surface area contributed by atoms with Crippen molar-refractivity contribution in [3.05, 3.63) is 82.9 Å². The number of amides is 1. The zero-order valence-corrected chi connectivity index (χ0v) is 18.2. The van der Waals surface area contributed by atoms with Crippen molar-refractivity contribution in [2.24, 2.45) is 0 Å². The highest BCUT2D eigenvalue weighted by Gasteiger charge is 2.20. The molecule has 0 saturated carbocycles. The van der Waals surface area contributed by atoms with Gasteiger partial charge < -0.3 is 5.32 Å². The van der Waals surface area contributed by atoms with E-state index in [0.29, 0.717) is 11.4 Å². The van der Waals surface area contributed by atoms with Crippen molar-refractivity contribution in [1.29, 1.82) is 0 Å². The van der Waals surface area contributed by atoms with Crippen molar-refractivity contribution in [2.75, 3.05) is 16.3 Å². The maximum atomic E-state index is 12.8. The van der Waals surface area contributed by atoms with E-state index in [-0.39, 0.29) is 15.5 Å². The number of anilines is 2. The van der Waals surface area contributed by atoms with Crippen LogP contribution < -0.4 is 10.0 Å². The van der Waals surface area contributed by atoms with Crippen molar-refractivity contribution >= 4 is 50.7 Å². The number of hydrogen-bond donors (Lipinski definition) is 2. The van der Waals surface area contributed by atoms with E-state index in [1.807, 2.05) is 37.4 Å². The molecule has 1 amide bonds.